The van der Waals surface area contributed by atoms with E-state index in [4.69, 9.17) is 0 Å². The van der Waals surface area contributed by atoms with E-state index in [0.29, 0.717) is 0 Å². The molecule has 2 atom stereocenters. The maximum atomic E-state index is 11.4. The molecule has 4 nitrogen and oxygen atoms in total. The number of sulfone groups is 1. The van der Waals surface area contributed by atoms with Crippen LogP contribution in [0.2, 0.25) is 0 Å². The Bertz CT molecular complexity index is 283. The standard InChI is InChI=1S/C10H21NO3S/c1-3-5-11(6-4-2)9-7-15(13,14)8-10(9)12/h9-10,12H,3-8H2,1-2H3. The number of hydrogen-bond acceptors (Lipinski definition) is 4. The summed E-state index contributed by atoms with van der Waals surface area (Å²) in [6.45, 7) is 5.87. The van der Waals surface area contributed by atoms with Crippen molar-refractivity contribution in [3.63, 3.8) is 0 Å². The second-order valence-corrected chi connectivity index (χ2v) is 6.40. The Balaban J connectivity index is 2.67. The van der Waals surface area contributed by atoms with E-state index in [9.17, 15) is 13.5 Å². The van der Waals surface area contributed by atoms with Crippen molar-refractivity contribution in [3.05, 3.63) is 0 Å². The Hall–Kier alpha value is -0.130. The quantitative estimate of drug-likeness (QED) is 0.743. The summed E-state index contributed by atoms with van der Waals surface area (Å²) in [4.78, 5) is 2.11. The van der Waals surface area contributed by atoms with Gasteiger partial charge in [0.05, 0.1) is 23.7 Å². The number of hydrogen-bond donors (Lipinski definition) is 1. The van der Waals surface area contributed by atoms with Gasteiger partial charge in [0.25, 0.3) is 0 Å². The molecule has 0 bridgehead atoms. The van der Waals surface area contributed by atoms with Gasteiger partial charge in [-0.3, -0.25) is 4.90 Å². The summed E-state index contributed by atoms with van der Waals surface area (Å²) < 4.78 is 22.8. The molecule has 0 aromatic rings. The van der Waals surface area contributed by atoms with Gasteiger partial charge in [-0.15, -0.1) is 0 Å². The first-order valence-electron chi connectivity index (χ1n) is 5.62. The van der Waals surface area contributed by atoms with Crippen LogP contribution in [0.1, 0.15) is 26.7 Å². The molecule has 1 aliphatic rings. The van der Waals surface area contributed by atoms with E-state index in [0.717, 1.165) is 25.9 Å². The summed E-state index contributed by atoms with van der Waals surface area (Å²) in [6, 6.07) is -0.185. The molecule has 1 saturated heterocycles. The summed E-state index contributed by atoms with van der Waals surface area (Å²) >= 11 is 0. The highest BCUT2D eigenvalue weighted by Crippen LogP contribution is 2.19. The lowest BCUT2D eigenvalue weighted by Crippen LogP contribution is -2.43. The number of nitrogens with zero attached hydrogens (tertiary/aromatic N) is 1. The highest BCUT2D eigenvalue weighted by Gasteiger charge is 2.39. The molecule has 1 N–H and O–H groups in total. The summed E-state index contributed by atoms with van der Waals surface area (Å²) in [6.07, 6.45) is 1.28. The van der Waals surface area contributed by atoms with Gasteiger partial charge < -0.3 is 5.11 Å². The summed E-state index contributed by atoms with van der Waals surface area (Å²) in [7, 11) is -3.02. The summed E-state index contributed by atoms with van der Waals surface area (Å²) in [5, 5.41) is 9.73. The van der Waals surface area contributed by atoms with Gasteiger partial charge in [-0.25, -0.2) is 8.42 Å². The molecule has 1 heterocycles. The second kappa shape index (κ2) is 5.27. The van der Waals surface area contributed by atoms with Gasteiger partial charge in [0, 0.05) is 0 Å². The summed E-state index contributed by atoms with van der Waals surface area (Å²) in [5.74, 6) is 0.0514. The van der Waals surface area contributed by atoms with Crippen molar-refractivity contribution in [2.45, 2.75) is 38.8 Å². The molecule has 0 radical (unpaired) electrons. The summed E-state index contributed by atoms with van der Waals surface area (Å²) in [5.41, 5.74) is 0. The number of rotatable bonds is 5. The van der Waals surface area contributed by atoms with Crippen LogP contribution in [0.3, 0.4) is 0 Å². The lowest BCUT2D eigenvalue weighted by Gasteiger charge is -2.29. The van der Waals surface area contributed by atoms with Gasteiger partial charge >= 0.3 is 0 Å². The fraction of sp³-hybridized carbons (Fsp3) is 1.00. The van der Waals surface area contributed by atoms with E-state index in [-0.39, 0.29) is 17.5 Å². The molecule has 0 aromatic carbocycles. The molecule has 1 aliphatic heterocycles. The van der Waals surface area contributed by atoms with Gasteiger partial charge in [0.1, 0.15) is 0 Å². The molecule has 1 fully saturated rings. The monoisotopic (exact) mass is 235 g/mol. The van der Waals surface area contributed by atoms with E-state index < -0.39 is 15.9 Å². The molecular weight excluding hydrogens is 214 g/mol. The molecule has 0 spiro atoms. The van der Waals surface area contributed by atoms with Gasteiger partial charge in [-0.1, -0.05) is 13.8 Å². The largest absolute Gasteiger partial charge is 0.390 e. The normalized spacial score (nSPS) is 29.9. The van der Waals surface area contributed by atoms with Crippen molar-refractivity contribution in [1.82, 2.24) is 4.90 Å². The zero-order chi connectivity index (χ0) is 11.5. The van der Waals surface area contributed by atoms with Crippen LogP contribution in [-0.2, 0) is 9.84 Å². The van der Waals surface area contributed by atoms with E-state index >= 15 is 0 Å². The highest BCUT2D eigenvalue weighted by atomic mass is 32.2. The third-order valence-corrected chi connectivity index (χ3v) is 4.48. The zero-order valence-electron chi connectivity index (χ0n) is 9.52. The van der Waals surface area contributed by atoms with Crippen LogP contribution in [-0.4, -0.2) is 55.2 Å². The molecule has 0 amide bonds. The molecule has 0 aromatic heterocycles. The molecule has 0 saturated carbocycles. The smallest absolute Gasteiger partial charge is 0.154 e. The van der Waals surface area contributed by atoms with Crippen molar-refractivity contribution in [2.24, 2.45) is 0 Å². The maximum absolute atomic E-state index is 11.4. The van der Waals surface area contributed by atoms with E-state index in [2.05, 4.69) is 18.7 Å². The van der Waals surface area contributed by atoms with Crippen LogP contribution in [0.5, 0.6) is 0 Å². The van der Waals surface area contributed by atoms with E-state index in [1.165, 1.54) is 0 Å². The Kier molecular flexibility index (Phi) is 4.55. The molecule has 15 heavy (non-hydrogen) atoms. The minimum Gasteiger partial charge on any atom is -0.390 e. The minimum absolute atomic E-state index is 0.0679. The Labute approximate surface area is 92.2 Å². The van der Waals surface area contributed by atoms with Crippen molar-refractivity contribution in [3.8, 4) is 0 Å². The van der Waals surface area contributed by atoms with Crippen LogP contribution >= 0.6 is 0 Å². The van der Waals surface area contributed by atoms with Crippen LogP contribution in [0.4, 0.5) is 0 Å². The third kappa shape index (κ3) is 3.43. The van der Waals surface area contributed by atoms with Crippen LogP contribution in [0, 0.1) is 0 Å². The molecule has 5 heteroatoms. The Morgan fingerprint density at radius 3 is 2.07 bits per heavy atom. The van der Waals surface area contributed by atoms with Gasteiger partial charge in [-0.05, 0) is 25.9 Å². The molecule has 1 rings (SSSR count). The average molecular weight is 235 g/mol. The van der Waals surface area contributed by atoms with Crippen molar-refractivity contribution in [2.75, 3.05) is 24.6 Å². The second-order valence-electron chi connectivity index (χ2n) is 4.25. The predicted molar refractivity (Wildman–Crippen MR) is 60.6 cm³/mol. The first kappa shape index (κ1) is 12.9. The van der Waals surface area contributed by atoms with Crippen LogP contribution < -0.4 is 0 Å². The van der Waals surface area contributed by atoms with Crippen LogP contribution in [0.15, 0.2) is 0 Å². The molecule has 0 aliphatic carbocycles. The third-order valence-electron chi connectivity index (χ3n) is 2.78. The van der Waals surface area contributed by atoms with Crippen molar-refractivity contribution in [1.29, 1.82) is 0 Å². The lowest BCUT2D eigenvalue weighted by molar-refractivity contribution is 0.0830. The highest BCUT2D eigenvalue weighted by molar-refractivity contribution is 7.91. The van der Waals surface area contributed by atoms with Crippen molar-refractivity contribution < 1.29 is 13.5 Å². The first-order valence-corrected chi connectivity index (χ1v) is 7.44. The Morgan fingerprint density at radius 2 is 1.73 bits per heavy atom. The van der Waals surface area contributed by atoms with Gasteiger partial charge in [0.15, 0.2) is 9.84 Å². The first-order chi connectivity index (χ1) is 7.00. The molecular formula is C10H21NO3S. The fourth-order valence-electron chi connectivity index (χ4n) is 2.18. The number of aliphatic hydroxyl groups is 1. The maximum Gasteiger partial charge on any atom is 0.154 e. The van der Waals surface area contributed by atoms with Gasteiger partial charge in [0.2, 0.25) is 0 Å². The SMILES string of the molecule is CCCN(CCC)C1CS(=O)(=O)CC1O. The average Bonchev–Trinajstić information content (AvgIpc) is 2.39. The minimum atomic E-state index is -3.02. The fourth-order valence-corrected chi connectivity index (χ4v) is 4.01. The van der Waals surface area contributed by atoms with E-state index in [1.54, 1.807) is 0 Å². The lowest BCUT2D eigenvalue weighted by atomic mass is 10.1. The predicted octanol–water partition coefficient (Wildman–Crippen LogP) is 0.266. The van der Waals surface area contributed by atoms with Crippen molar-refractivity contribution >= 4 is 9.84 Å². The van der Waals surface area contributed by atoms with Crippen LogP contribution in [0.25, 0.3) is 0 Å². The zero-order valence-corrected chi connectivity index (χ0v) is 10.3. The topological polar surface area (TPSA) is 57.6 Å². The molecule has 90 valence electrons. The number of aliphatic hydroxyl groups excluding tert-OH is 1. The molecule has 2 unspecified atom stereocenters. The van der Waals surface area contributed by atoms with Gasteiger partial charge in [-0.2, -0.15) is 0 Å². The Morgan fingerprint density at radius 1 is 1.20 bits per heavy atom. The van der Waals surface area contributed by atoms with E-state index in [1.807, 2.05) is 0 Å².